The highest BCUT2D eigenvalue weighted by Crippen LogP contribution is 2.46. The van der Waals surface area contributed by atoms with Crippen molar-refractivity contribution in [1.82, 2.24) is 0 Å². The first-order valence-corrected chi connectivity index (χ1v) is 8.51. The molecule has 0 radical (unpaired) electrons. The van der Waals surface area contributed by atoms with E-state index >= 15 is 0 Å². The van der Waals surface area contributed by atoms with E-state index in [4.69, 9.17) is 10.5 Å². The average molecular weight is 427 g/mol. The van der Waals surface area contributed by atoms with Crippen LogP contribution in [0.3, 0.4) is 0 Å². The molecule has 0 aliphatic carbocycles. The van der Waals surface area contributed by atoms with Crippen LogP contribution in [0, 0.1) is 11.3 Å². The van der Waals surface area contributed by atoms with Crippen LogP contribution in [-0.2, 0) is 12.4 Å². The molecular formula is C20H15F6N3O. The minimum atomic E-state index is -5.01. The van der Waals surface area contributed by atoms with Crippen LogP contribution in [0.5, 0.6) is 5.75 Å². The maximum atomic E-state index is 13.3. The fourth-order valence-electron chi connectivity index (χ4n) is 3.21. The van der Waals surface area contributed by atoms with Gasteiger partial charge in [0, 0.05) is 31.4 Å². The van der Waals surface area contributed by atoms with Gasteiger partial charge < -0.3 is 15.4 Å². The van der Waals surface area contributed by atoms with Crippen molar-refractivity contribution in [3.8, 4) is 11.8 Å². The molecule has 1 aliphatic rings. The average Bonchev–Trinajstić information content (AvgIpc) is 2.64. The number of allylic oxidation sites excluding steroid dienone is 1. The summed E-state index contributed by atoms with van der Waals surface area (Å²) in [4.78, 5) is 1.73. The van der Waals surface area contributed by atoms with Crippen molar-refractivity contribution in [3.05, 3.63) is 70.1 Å². The van der Waals surface area contributed by atoms with E-state index in [1.807, 2.05) is 0 Å². The summed E-state index contributed by atoms with van der Waals surface area (Å²) in [7, 11) is 3.48. The zero-order valence-electron chi connectivity index (χ0n) is 15.7. The van der Waals surface area contributed by atoms with E-state index < -0.39 is 29.4 Å². The Morgan fingerprint density at radius 3 is 2.00 bits per heavy atom. The van der Waals surface area contributed by atoms with Crippen molar-refractivity contribution in [2.75, 3.05) is 19.0 Å². The van der Waals surface area contributed by atoms with Gasteiger partial charge in [0.1, 0.15) is 17.4 Å². The number of hydrogen-bond donors (Lipinski definition) is 1. The van der Waals surface area contributed by atoms with Crippen molar-refractivity contribution in [2.24, 2.45) is 5.73 Å². The Balaban J connectivity index is 2.30. The Bertz CT molecular complexity index is 1030. The van der Waals surface area contributed by atoms with Crippen LogP contribution in [0.25, 0.3) is 0 Å². The lowest BCUT2D eigenvalue weighted by atomic mass is 9.82. The SMILES string of the molecule is CN(C)c1ccc2c(c1)OC(N)=C(C#N)C2c1cc(C(F)(F)F)cc(C(F)(F)F)c1. The van der Waals surface area contributed by atoms with Crippen molar-refractivity contribution < 1.29 is 31.1 Å². The van der Waals surface area contributed by atoms with Gasteiger partial charge in [-0.05, 0) is 29.8 Å². The van der Waals surface area contributed by atoms with Gasteiger partial charge in [0.05, 0.1) is 17.0 Å². The first-order valence-electron chi connectivity index (χ1n) is 8.51. The van der Waals surface area contributed by atoms with Gasteiger partial charge in [-0.15, -0.1) is 0 Å². The van der Waals surface area contributed by atoms with Gasteiger partial charge in [-0.1, -0.05) is 6.07 Å². The summed E-state index contributed by atoms with van der Waals surface area (Å²) in [6.45, 7) is 0. The molecule has 0 saturated heterocycles. The van der Waals surface area contributed by atoms with Gasteiger partial charge in [-0.25, -0.2) is 0 Å². The molecule has 2 aromatic rings. The van der Waals surface area contributed by atoms with Gasteiger partial charge in [0.15, 0.2) is 0 Å². The quantitative estimate of drug-likeness (QED) is 0.685. The number of fused-ring (bicyclic) bond motifs is 1. The van der Waals surface area contributed by atoms with Crippen LogP contribution in [0.1, 0.15) is 28.2 Å². The molecule has 0 bridgehead atoms. The molecule has 0 saturated carbocycles. The minimum absolute atomic E-state index is 0.0397. The first kappa shape index (κ1) is 21.4. The lowest BCUT2D eigenvalue weighted by Crippen LogP contribution is -2.22. The summed E-state index contributed by atoms with van der Waals surface area (Å²) in [5.41, 5.74) is 3.11. The molecule has 10 heteroatoms. The van der Waals surface area contributed by atoms with Crippen LogP contribution >= 0.6 is 0 Å². The second kappa shape index (κ2) is 7.16. The Hall–Kier alpha value is -3.35. The molecular weight excluding hydrogens is 412 g/mol. The Labute approximate surface area is 167 Å². The van der Waals surface area contributed by atoms with Crippen molar-refractivity contribution in [3.63, 3.8) is 0 Å². The molecule has 3 rings (SSSR count). The topological polar surface area (TPSA) is 62.3 Å². The number of ether oxygens (including phenoxy) is 1. The van der Waals surface area contributed by atoms with E-state index in [2.05, 4.69) is 0 Å². The second-order valence-electron chi connectivity index (χ2n) is 6.88. The van der Waals surface area contributed by atoms with Crippen LogP contribution < -0.4 is 15.4 Å². The van der Waals surface area contributed by atoms with E-state index in [1.165, 1.54) is 6.07 Å². The minimum Gasteiger partial charge on any atom is -0.440 e. The number of nitrogens with two attached hydrogens (primary N) is 1. The van der Waals surface area contributed by atoms with Gasteiger partial charge in [-0.3, -0.25) is 0 Å². The van der Waals surface area contributed by atoms with Gasteiger partial charge in [0.2, 0.25) is 5.88 Å². The Morgan fingerprint density at radius 1 is 0.967 bits per heavy atom. The Morgan fingerprint density at radius 2 is 1.53 bits per heavy atom. The largest absolute Gasteiger partial charge is 0.440 e. The highest BCUT2D eigenvalue weighted by Gasteiger charge is 2.39. The van der Waals surface area contributed by atoms with Crippen molar-refractivity contribution in [2.45, 2.75) is 18.3 Å². The molecule has 0 spiro atoms. The summed E-state index contributed by atoms with van der Waals surface area (Å²) in [6.07, 6.45) is -10.0. The summed E-state index contributed by atoms with van der Waals surface area (Å²) in [6, 6.07) is 7.64. The molecule has 1 atom stereocenters. The molecule has 2 aromatic carbocycles. The maximum absolute atomic E-state index is 13.3. The van der Waals surface area contributed by atoms with Crippen LogP contribution in [0.15, 0.2) is 47.9 Å². The maximum Gasteiger partial charge on any atom is 0.416 e. The number of nitriles is 1. The normalized spacial score (nSPS) is 16.6. The number of nitrogens with zero attached hydrogens (tertiary/aromatic N) is 2. The van der Waals surface area contributed by atoms with E-state index in [9.17, 15) is 31.6 Å². The number of hydrogen-bond acceptors (Lipinski definition) is 4. The fourth-order valence-corrected chi connectivity index (χ4v) is 3.21. The predicted molar refractivity (Wildman–Crippen MR) is 96.5 cm³/mol. The zero-order chi connectivity index (χ0) is 22.4. The highest BCUT2D eigenvalue weighted by molar-refractivity contribution is 5.61. The van der Waals surface area contributed by atoms with Crippen LogP contribution in [-0.4, -0.2) is 14.1 Å². The van der Waals surface area contributed by atoms with Crippen LogP contribution in [0.2, 0.25) is 0 Å². The van der Waals surface area contributed by atoms with E-state index in [0.717, 1.165) is 0 Å². The number of alkyl halides is 6. The number of halogens is 6. The smallest absolute Gasteiger partial charge is 0.416 e. The molecule has 4 nitrogen and oxygen atoms in total. The molecule has 0 fully saturated rings. The Kier molecular flexibility index (Phi) is 5.10. The number of benzene rings is 2. The monoisotopic (exact) mass is 427 g/mol. The van der Waals surface area contributed by atoms with Crippen LogP contribution in [0.4, 0.5) is 32.0 Å². The molecule has 158 valence electrons. The summed E-state index contributed by atoms with van der Waals surface area (Å²) >= 11 is 0. The highest BCUT2D eigenvalue weighted by atomic mass is 19.4. The van der Waals surface area contributed by atoms with Crippen molar-refractivity contribution >= 4 is 5.69 Å². The van der Waals surface area contributed by atoms with Gasteiger partial charge in [-0.2, -0.15) is 31.6 Å². The lowest BCUT2D eigenvalue weighted by molar-refractivity contribution is -0.143. The molecule has 0 aromatic heterocycles. The molecule has 1 aliphatic heterocycles. The molecule has 1 unspecified atom stereocenters. The van der Waals surface area contributed by atoms with E-state index in [1.54, 1.807) is 37.2 Å². The van der Waals surface area contributed by atoms with Gasteiger partial charge >= 0.3 is 12.4 Å². The number of anilines is 1. The fraction of sp³-hybridized carbons (Fsp3) is 0.250. The third-order valence-corrected chi connectivity index (χ3v) is 4.66. The third kappa shape index (κ3) is 3.87. The third-order valence-electron chi connectivity index (χ3n) is 4.66. The number of rotatable bonds is 2. The van der Waals surface area contributed by atoms with E-state index in [-0.39, 0.29) is 34.4 Å². The summed E-state index contributed by atoms with van der Waals surface area (Å²) in [5.74, 6) is -1.48. The molecule has 30 heavy (non-hydrogen) atoms. The van der Waals surface area contributed by atoms with Crippen molar-refractivity contribution in [1.29, 1.82) is 5.26 Å². The molecule has 2 N–H and O–H groups in total. The lowest BCUT2D eigenvalue weighted by Gasteiger charge is -2.28. The first-order chi connectivity index (χ1) is 13.8. The predicted octanol–water partition coefficient (Wildman–Crippen LogP) is 5.01. The zero-order valence-corrected chi connectivity index (χ0v) is 15.7. The summed E-state index contributed by atoms with van der Waals surface area (Å²) in [5, 5.41) is 9.50. The second-order valence-corrected chi connectivity index (χ2v) is 6.88. The molecule has 0 amide bonds. The van der Waals surface area contributed by atoms with Gasteiger partial charge in [0.25, 0.3) is 0 Å². The standard InChI is InChI=1S/C20H15F6N3O/c1-29(2)13-3-4-14-16(8-13)30-18(28)15(9-27)17(14)10-5-11(19(21,22)23)7-12(6-10)20(24,25)26/h3-8,17H,28H2,1-2H3. The van der Waals surface area contributed by atoms with E-state index in [0.29, 0.717) is 17.8 Å². The summed E-state index contributed by atoms with van der Waals surface area (Å²) < 4.78 is 85.2. The molecule has 1 heterocycles.